The van der Waals surface area contributed by atoms with Crippen molar-refractivity contribution in [2.45, 2.75) is 20.4 Å². The smallest absolute Gasteiger partial charge is 0.278 e. The highest BCUT2D eigenvalue weighted by atomic mass is 16.5. The largest absolute Gasteiger partial charge is 0.496 e. The molecule has 0 radical (unpaired) electrons. The maximum atomic E-state index is 12.8. The maximum Gasteiger partial charge on any atom is 0.278 e. The molecule has 0 aliphatic heterocycles. The van der Waals surface area contributed by atoms with Crippen LogP contribution in [0.15, 0.2) is 46.9 Å². The first-order valence-corrected chi connectivity index (χ1v) is 10.5. The van der Waals surface area contributed by atoms with Gasteiger partial charge in [-0.05, 0) is 38.1 Å². The van der Waals surface area contributed by atoms with Crippen molar-refractivity contribution in [2.24, 2.45) is 0 Å². The molecule has 0 spiro atoms. The van der Waals surface area contributed by atoms with Gasteiger partial charge in [-0.25, -0.2) is 9.67 Å². The summed E-state index contributed by atoms with van der Waals surface area (Å²) < 4.78 is 23.4. The molecule has 1 N–H and O–H groups in total. The van der Waals surface area contributed by atoms with Crippen LogP contribution in [0.4, 0.5) is 5.69 Å². The lowest BCUT2D eigenvalue weighted by molar-refractivity contribution is 0.102. The molecule has 0 aliphatic rings. The maximum absolute atomic E-state index is 12.8. The number of oxazole rings is 1. The fourth-order valence-corrected chi connectivity index (χ4v) is 3.48. The Labute approximate surface area is 196 Å². The number of carbonyl (C=O) groups excluding carboxylic acids is 1. The number of aryl methyl sites for hydroxylation is 1. The van der Waals surface area contributed by atoms with Crippen molar-refractivity contribution >= 4 is 11.6 Å². The minimum Gasteiger partial charge on any atom is -0.496 e. The molecule has 1 amide bonds. The summed E-state index contributed by atoms with van der Waals surface area (Å²) in [4.78, 5) is 17.5. The third-order valence-electron chi connectivity index (χ3n) is 5.37. The number of carbonyl (C=O) groups is 1. The van der Waals surface area contributed by atoms with Gasteiger partial charge in [0.1, 0.15) is 17.2 Å². The first-order valence-electron chi connectivity index (χ1n) is 10.5. The number of benzene rings is 2. The highest BCUT2D eigenvalue weighted by Crippen LogP contribution is 2.31. The topological polar surface area (TPSA) is 114 Å². The molecule has 0 saturated carbocycles. The van der Waals surface area contributed by atoms with E-state index in [1.807, 2.05) is 31.2 Å². The van der Waals surface area contributed by atoms with Crippen molar-refractivity contribution < 1.29 is 23.4 Å². The summed E-state index contributed by atoms with van der Waals surface area (Å²) in [6.45, 7) is 3.91. The Morgan fingerprint density at radius 2 is 1.74 bits per heavy atom. The van der Waals surface area contributed by atoms with Crippen LogP contribution >= 0.6 is 0 Å². The third-order valence-corrected chi connectivity index (χ3v) is 5.37. The molecule has 176 valence electrons. The van der Waals surface area contributed by atoms with Gasteiger partial charge in [0.2, 0.25) is 5.89 Å². The van der Waals surface area contributed by atoms with Crippen molar-refractivity contribution in [3.05, 3.63) is 65.3 Å². The number of para-hydroxylation sites is 1. The third kappa shape index (κ3) is 4.42. The molecule has 10 heteroatoms. The molecule has 2 heterocycles. The van der Waals surface area contributed by atoms with Gasteiger partial charge >= 0.3 is 0 Å². The first kappa shape index (κ1) is 22.8. The average molecular weight is 463 g/mol. The lowest BCUT2D eigenvalue weighted by Crippen LogP contribution is -2.14. The van der Waals surface area contributed by atoms with E-state index in [1.165, 1.54) is 7.11 Å². The Bertz CT molecular complexity index is 1330. The molecule has 0 fully saturated rings. The molecular formula is C24H25N5O5. The molecule has 0 aliphatic carbocycles. The number of nitrogens with one attached hydrogen (secondary N) is 1. The molecule has 4 rings (SSSR count). The highest BCUT2D eigenvalue weighted by molar-refractivity contribution is 6.03. The second kappa shape index (κ2) is 9.65. The van der Waals surface area contributed by atoms with Crippen LogP contribution < -0.4 is 19.5 Å². The minimum absolute atomic E-state index is 0.209. The van der Waals surface area contributed by atoms with E-state index in [1.54, 1.807) is 44.0 Å². The van der Waals surface area contributed by atoms with Gasteiger partial charge in [0.05, 0.1) is 39.1 Å². The lowest BCUT2D eigenvalue weighted by atomic mass is 10.2. The molecule has 10 nitrogen and oxygen atoms in total. The monoisotopic (exact) mass is 463 g/mol. The quantitative estimate of drug-likeness (QED) is 0.419. The van der Waals surface area contributed by atoms with Crippen LogP contribution in [-0.4, -0.2) is 47.2 Å². The molecular weight excluding hydrogens is 438 g/mol. The summed E-state index contributed by atoms with van der Waals surface area (Å²) in [5.41, 5.74) is 2.79. The van der Waals surface area contributed by atoms with Gasteiger partial charge in [0, 0.05) is 11.8 Å². The summed E-state index contributed by atoms with van der Waals surface area (Å²) >= 11 is 0. The van der Waals surface area contributed by atoms with Crippen LogP contribution in [0.5, 0.6) is 17.2 Å². The van der Waals surface area contributed by atoms with E-state index in [2.05, 4.69) is 20.6 Å². The van der Waals surface area contributed by atoms with E-state index in [0.29, 0.717) is 52.5 Å². The number of aromatic nitrogens is 4. The van der Waals surface area contributed by atoms with Gasteiger partial charge in [-0.3, -0.25) is 4.79 Å². The minimum atomic E-state index is -0.387. The fourth-order valence-electron chi connectivity index (χ4n) is 3.48. The Balaban J connectivity index is 1.53. The summed E-state index contributed by atoms with van der Waals surface area (Å²) in [7, 11) is 4.68. The summed E-state index contributed by atoms with van der Waals surface area (Å²) in [5.74, 6) is 2.45. The number of rotatable bonds is 8. The van der Waals surface area contributed by atoms with Crippen molar-refractivity contribution in [1.82, 2.24) is 20.0 Å². The van der Waals surface area contributed by atoms with Gasteiger partial charge in [-0.1, -0.05) is 17.3 Å². The molecule has 34 heavy (non-hydrogen) atoms. The second-order valence-electron chi connectivity index (χ2n) is 7.43. The van der Waals surface area contributed by atoms with E-state index in [9.17, 15) is 4.79 Å². The number of nitrogens with zero attached hydrogens (tertiary/aromatic N) is 4. The van der Waals surface area contributed by atoms with E-state index in [4.69, 9.17) is 18.6 Å². The molecule has 0 bridgehead atoms. The first-order chi connectivity index (χ1) is 16.4. The number of hydrogen-bond acceptors (Lipinski definition) is 8. The number of methoxy groups -OCH3 is 3. The van der Waals surface area contributed by atoms with Crippen LogP contribution in [0.3, 0.4) is 0 Å². The van der Waals surface area contributed by atoms with Gasteiger partial charge in [0.25, 0.3) is 5.91 Å². The van der Waals surface area contributed by atoms with Crippen LogP contribution in [0.2, 0.25) is 0 Å². The zero-order chi connectivity index (χ0) is 24.2. The van der Waals surface area contributed by atoms with Gasteiger partial charge in [-0.2, -0.15) is 0 Å². The zero-order valence-electron chi connectivity index (χ0n) is 19.6. The number of anilines is 1. The standard InChI is InChI=1S/C24H25N5O5/c1-14-22(23(30)25-16-10-11-20(32-4)21(12-16)33-5)27-28-29(14)13-18-15(2)34-24(26-18)17-8-6-7-9-19(17)31-3/h6-12H,13H2,1-5H3,(H,25,30). The predicted octanol–water partition coefficient (Wildman–Crippen LogP) is 3.88. The highest BCUT2D eigenvalue weighted by Gasteiger charge is 2.20. The Hall–Kier alpha value is -4.34. The lowest BCUT2D eigenvalue weighted by Gasteiger charge is -2.10. The average Bonchev–Trinajstić information content (AvgIpc) is 3.41. The van der Waals surface area contributed by atoms with Crippen molar-refractivity contribution in [1.29, 1.82) is 0 Å². The molecule has 0 unspecified atom stereocenters. The summed E-state index contributed by atoms with van der Waals surface area (Å²) in [6.07, 6.45) is 0. The van der Waals surface area contributed by atoms with Gasteiger partial charge in [-0.15, -0.1) is 5.10 Å². The molecule has 0 saturated heterocycles. The van der Waals surface area contributed by atoms with E-state index in [0.717, 1.165) is 5.56 Å². The van der Waals surface area contributed by atoms with Crippen LogP contribution in [0.1, 0.15) is 27.6 Å². The van der Waals surface area contributed by atoms with Gasteiger partial charge < -0.3 is 23.9 Å². The molecule has 0 atom stereocenters. The van der Waals surface area contributed by atoms with Crippen molar-refractivity contribution in [3.63, 3.8) is 0 Å². The van der Waals surface area contributed by atoms with Crippen LogP contribution in [-0.2, 0) is 6.54 Å². The van der Waals surface area contributed by atoms with E-state index < -0.39 is 0 Å². The Kier molecular flexibility index (Phi) is 6.48. The molecule has 2 aromatic carbocycles. The van der Waals surface area contributed by atoms with E-state index >= 15 is 0 Å². The number of ether oxygens (including phenoxy) is 3. The zero-order valence-corrected chi connectivity index (χ0v) is 19.6. The number of hydrogen-bond donors (Lipinski definition) is 1. The number of amides is 1. The van der Waals surface area contributed by atoms with Crippen LogP contribution in [0, 0.1) is 13.8 Å². The van der Waals surface area contributed by atoms with Crippen molar-refractivity contribution in [3.8, 4) is 28.7 Å². The summed E-state index contributed by atoms with van der Waals surface area (Å²) in [5, 5.41) is 11.0. The van der Waals surface area contributed by atoms with Crippen molar-refractivity contribution in [2.75, 3.05) is 26.6 Å². The SMILES string of the molecule is COc1ccc(NC(=O)c2nnn(Cc3nc(-c4ccccc4OC)oc3C)c2C)cc1OC. The summed E-state index contributed by atoms with van der Waals surface area (Å²) in [6, 6.07) is 12.6. The Morgan fingerprint density at radius 1 is 1.00 bits per heavy atom. The van der Waals surface area contributed by atoms with Crippen LogP contribution in [0.25, 0.3) is 11.5 Å². The Morgan fingerprint density at radius 3 is 2.47 bits per heavy atom. The molecule has 2 aromatic heterocycles. The fraction of sp³-hybridized carbons (Fsp3) is 0.250. The molecule has 4 aromatic rings. The predicted molar refractivity (Wildman–Crippen MR) is 125 cm³/mol. The normalized spacial score (nSPS) is 10.7. The van der Waals surface area contributed by atoms with Gasteiger partial charge in [0.15, 0.2) is 17.2 Å². The second-order valence-corrected chi connectivity index (χ2v) is 7.43. The van der Waals surface area contributed by atoms with E-state index in [-0.39, 0.29) is 11.6 Å².